The number of nitrogens with two attached hydrogens (primary N) is 1. The van der Waals surface area contributed by atoms with Crippen molar-refractivity contribution in [3.8, 4) is 11.3 Å². The number of aromatic nitrogens is 2. The molecule has 0 radical (unpaired) electrons. The van der Waals surface area contributed by atoms with Crippen molar-refractivity contribution >= 4 is 11.8 Å². The second-order valence-corrected chi connectivity index (χ2v) is 7.61. The first-order chi connectivity index (χ1) is 14.6. The molecule has 30 heavy (non-hydrogen) atoms. The van der Waals surface area contributed by atoms with Crippen molar-refractivity contribution in [3.63, 3.8) is 0 Å². The molecule has 0 aliphatic carbocycles. The van der Waals surface area contributed by atoms with Gasteiger partial charge in [0.15, 0.2) is 0 Å². The summed E-state index contributed by atoms with van der Waals surface area (Å²) in [6, 6.07) is 16.9. The van der Waals surface area contributed by atoms with Crippen LogP contribution in [0.1, 0.15) is 40.4 Å². The Morgan fingerprint density at radius 2 is 1.97 bits per heavy atom. The number of amides is 2. The lowest BCUT2D eigenvalue weighted by atomic mass is 9.93. The lowest BCUT2D eigenvalue weighted by Crippen LogP contribution is -2.40. The SMILES string of the molecule is NC(=O)c1cccc(-c2cccc([C@@H]3CCCN(C(=O)Cc4cccnc4)C3)n2)c1. The standard InChI is InChI=1S/C24H24N4O2/c25-24(30)19-7-1-6-18(14-19)21-9-2-10-22(27-21)20-8-4-12-28(16-20)23(29)13-17-5-3-11-26-15-17/h1-3,5-7,9-11,14-15,20H,4,8,12-13,16H2,(H2,25,30)/t20-/m1/s1. The zero-order valence-electron chi connectivity index (χ0n) is 16.7. The Kier molecular flexibility index (Phi) is 5.84. The van der Waals surface area contributed by atoms with Crippen LogP contribution in [0.4, 0.5) is 0 Å². The summed E-state index contributed by atoms with van der Waals surface area (Å²) >= 11 is 0. The maximum Gasteiger partial charge on any atom is 0.248 e. The highest BCUT2D eigenvalue weighted by Gasteiger charge is 2.25. The van der Waals surface area contributed by atoms with Gasteiger partial charge in [-0.3, -0.25) is 19.6 Å². The molecular weight excluding hydrogens is 376 g/mol. The van der Waals surface area contributed by atoms with Gasteiger partial charge in [0.25, 0.3) is 0 Å². The molecule has 1 saturated heterocycles. The van der Waals surface area contributed by atoms with Gasteiger partial charge >= 0.3 is 0 Å². The Morgan fingerprint density at radius 1 is 1.10 bits per heavy atom. The minimum atomic E-state index is -0.456. The van der Waals surface area contributed by atoms with Crippen LogP contribution in [-0.4, -0.2) is 39.8 Å². The Labute approximate surface area is 175 Å². The fraction of sp³-hybridized carbons (Fsp3) is 0.250. The molecule has 1 aromatic carbocycles. The molecule has 0 saturated carbocycles. The van der Waals surface area contributed by atoms with Crippen molar-refractivity contribution in [2.24, 2.45) is 5.73 Å². The maximum absolute atomic E-state index is 12.8. The summed E-state index contributed by atoms with van der Waals surface area (Å²) < 4.78 is 0. The summed E-state index contributed by atoms with van der Waals surface area (Å²) in [4.78, 5) is 35.1. The van der Waals surface area contributed by atoms with Gasteiger partial charge in [-0.05, 0) is 48.7 Å². The van der Waals surface area contributed by atoms with Crippen LogP contribution >= 0.6 is 0 Å². The minimum Gasteiger partial charge on any atom is -0.366 e. The topological polar surface area (TPSA) is 89.2 Å². The van der Waals surface area contributed by atoms with Gasteiger partial charge < -0.3 is 10.6 Å². The molecule has 1 atom stereocenters. The number of benzene rings is 1. The number of likely N-dealkylation sites (tertiary alicyclic amines) is 1. The van der Waals surface area contributed by atoms with Gasteiger partial charge in [-0.1, -0.05) is 24.3 Å². The molecule has 3 heterocycles. The minimum absolute atomic E-state index is 0.123. The first-order valence-electron chi connectivity index (χ1n) is 10.1. The number of pyridine rings is 2. The smallest absolute Gasteiger partial charge is 0.248 e. The van der Waals surface area contributed by atoms with E-state index in [1.807, 2.05) is 47.4 Å². The fourth-order valence-electron chi connectivity index (χ4n) is 3.91. The van der Waals surface area contributed by atoms with Crippen LogP contribution in [0.3, 0.4) is 0 Å². The fourth-order valence-corrected chi connectivity index (χ4v) is 3.91. The molecule has 2 amide bonds. The molecule has 6 nitrogen and oxygen atoms in total. The molecule has 2 N–H and O–H groups in total. The van der Waals surface area contributed by atoms with E-state index in [1.54, 1.807) is 24.5 Å². The summed E-state index contributed by atoms with van der Waals surface area (Å²) in [5, 5.41) is 0. The largest absolute Gasteiger partial charge is 0.366 e. The van der Waals surface area contributed by atoms with Gasteiger partial charge in [-0.15, -0.1) is 0 Å². The number of hydrogen-bond donors (Lipinski definition) is 1. The van der Waals surface area contributed by atoms with Crippen LogP contribution in [-0.2, 0) is 11.2 Å². The number of primary amides is 1. The average molecular weight is 400 g/mol. The van der Waals surface area contributed by atoms with E-state index in [2.05, 4.69) is 4.98 Å². The molecule has 152 valence electrons. The van der Waals surface area contributed by atoms with E-state index in [1.165, 1.54) is 0 Å². The Bertz CT molecular complexity index is 1050. The maximum atomic E-state index is 12.8. The van der Waals surface area contributed by atoms with E-state index in [0.717, 1.165) is 41.9 Å². The predicted molar refractivity (Wildman–Crippen MR) is 115 cm³/mol. The van der Waals surface area contributed by atoms with Crippen LogP contribution in [0, 0.1) is 0 Å². The Balaban J connectivity index is 1.50. The van der Waals surface area contributed by atoms with Crippen LogP contribution in [0.2, 0.25) is 0 Å². The van der Waals surface area contributed by atoms with Gasteiger partial charge in [0.05, 0.1) is 12.1 Å². The normalized spacial score (nSPS) is 16.3. The van der Waals surface area contributed by atoms with Crippen molar-refractivity contribution in [1.29, 1.82) is 0 Å². The van der Waals surface area contributed by atoms with E-state index in [0.29, 0.717) is 18.5 Å². The number of piperidine rings is 1. The third-order valence-corrected chi connectivity index (χ3v) is 5.48. The van der Waals surface area contributed by atoms with Gasteiger partial charge in [0.1, 0.15) is 0 Å². The first kappa shape index (κ1) is 19.8. The summed E-state index contributed by atoms with van der Waals surface area (Å²) in [6.07, 6.45) is 5.77. The molecule has 0 unspecified atom stereocenters. The van der Waals surface area contributed by atoms with E-state index in [9.17, 15) is 9.59 Å². The van der Waals surface area contributed by atoms with Crippen molar-refractivity contribution in [3.05, 3.63) is 83.8 Å². The molecule has 1 aliphatic rings. The molecule has 0 spiro atoms. The second kappa shape index (κ2) is 8.86. The summed E-state index contributed by atoms with van der Waals surface area (Å²) in [5.74, 6) is -0.142. The van der Waals surface area contributed by atoms with Crippen LogP contribution in [0.5, 0.6) is 0 Å². The molecule has 0 bridgehead atoms. The summed E-state index contributed by atoms with van der Waals surface area (Å²) in [6.45, 7) is 1.44. The van der Waals surface area contributed by atoms with Crippen molar-refractivity contribution in [2.75, 3.05) is 13.1 Å². The number of carbonyl (C=O) groups is 2. The Morgan fingerprint density at radius 3 is 2.77 bits per heavy atom. The highest BCUT2D eigenvalue weighted by atomic mass is 16.2. The molecule has 1 aliphatic heterocycles. The Hall–Kier alpha value is -3.54. The zero-order chi connectivity index (χ0) is 20.9. The monoisotopic (exact) mass is 400 g/mol. The molecule has 1 fully saturated rings. The molecular formula is C24H24N4O2. The second-order valence-electron chi connectivity index (χ2n) is 7.61. The highest BCUT2D eigenvalue weighted by Crippen LogP contribution is 2.28. The average Bonchev–Trinajstić information content (AvgIpc) is 2.80. The highest BCUT2D eigenvalue weighted by molar-refractivity contribution is 5.94. The van der Waals surface area contributed by atoms with E-state index < -0.39 is 5.91 Å². The van der Waals surface area contributed by atoms with Gasteiger partial charge in [0.2, 0.25) is 11.8 Å². The van der Waals surface area contributed by atoms with Gasteiger partial charge in [0, 0.05) is 48.2 Å². The predicted octanol–water partition coefficient (Wildman–Crippen LogP) is 3.19. The molecule has 6 heteroatoms. The lowest BCUT2D eigenvalue weighted by Gasteiger charge is -2.32. The van der Waals surface area contributed by atoms with Crippen LogP contribution in [0.15, 0.2) is 67.0 Å². The van der Waals surface area contributed by atoms with Crippen LogP contribution < -0.4 is 5.73 Å². The third kappa shape index (κ3) is 4.54. The van der Waals surface area contributed by atoms with E-state index in [4.69, 9.17) is 10.7 Å². The van der Waals surface area contributed by atoms with E-state index >= 15 is 0 Å². The first-order valence-corrected chi connectivity index (χ1v) is 10.1. The quantitative estimate of drug-likeness (QED) is 0.712. The van der Waals surface area contributed by atoms with Crippen molar-refractivity contribution in [2.45, 2.75) is 25.2 Å². The van der Waals surface area contributed by atoms with Gasteiger partial charge in [-0.2, -0.15) is 0 Å². The molecule has 3 aromatic rings. The van der Waals surface area contributed by atoms with E-state index in [-0.39, 0.29) is 11.8 Å². The summed E-state index contributed by atoms with van der Waals surface area (Å²) in [7, 11) is 0. The third-order valence-electron chi connectivity index (χ3n) is 5.48. The van der Waals surface area contributed by atoms with Crippen LogP contribution in [0.25, 0.3) is 11.3 Å². The molecule has 2 aromatic heterocycles. The van der Waals surface area contributed by atoms with Gasteiger partial charge in [-0.25, -0.2) is 0 Å². The lowest BCUT2D eigenvalue weighted by molar-refractivity contribution is -0.131. The van der Waals surface area contributed by atoms with Crippen molar-refractivity contribution in [1.82, 2.24) is 14.9 Å². The van der Waals surface area contributed by atoms with Crippen molar-refractivity contribution < 1.29 is 9.59 Å². The molecule has 4 rings (SSSR count). The number of nitrogens with zero attached hydrogens (tertiary/aromatic N) is 3. The number of carbonyl (C=O) groups excluding carboxylic acids is 2. The number of hydrogen-bond acceptors (Lipinski definition) is 4. The zero-order valence-corrected chi connectivity index (χ0v) is 16.7. The number of rotatable bonds is 5. The summed E-state index contributed by atoms with van der Waals surface area (Å²) in [5.41, 5.74) is 9.42.